The van der Waals surface area contributed by atoms with E-state index in [1.54, 1.807) is 0 Å². The zero-order valence-corrected chi connectivity index (χ0v) is 14.2. The fraction of sp³-hybridized carbons (Fsp3) is 0.647. The summed E-state index contributed by atoms with van der Waals surface area (Å²) < 4.78 is 5.96. The minimum atomic E-state index is -0.274. The first kappa shape index (κ1) is 15.7. The van der Waals surface area contributed by atoms with Gasteiger partial charge < -0.3 is 9.84 Å². The third-order valence-corrected chi connectivity index (χ3v) is 7.81. The zero-order valence-electron chi connectivity index (χ0n) is 12.5. The Kier molecular flexibility index (Phi) is 5.54. The van der Waals surface area contributed by atoms with Crippen LogP contribution in [0.4, 0.5) is 0 Å². The Bertz CT molecular complexity index is 466. The average molecular weight is 325 g/mol. The van der Waals surface area contributed by atoms with E-state index in [1.165, 1.54) is 16.9 Å². The summed E-state index contributed by atoms with van der Waals surface area (Å²) in [6.45, 7) is 3.01. The van der Waals surface area contributed by atoms with Gasteiger partial charge in [-0.3, -0.25) is 0 Å². The molecular formula is C17H24O2S2. The van der Waals surface area contributed by atoms with Gasteiger partial charge in [0.05, 0.1) is 18.8 Å². The van der Waals surface area contributed by atoms with Gasteiger partial charge in [0, 0.05) is 28.4 Å². The van der Waals surface area contributed by atoms with E-state index in [0.717, 1.165) is 31.6 Å². The molecule has 2 nitrogen and oxygen atoms in total. The van der Waals surface area contributed by atoms with Gasteiger partial charge in [-0.2, -0.15) is 23.5 Å². The van der Waals surface area contributed by atoms with Crippen molar-refractivity contribution in [2.45, 2.75) is 48.9 Å². The lowest BCUT2D eigenvalue weighted by Gasteiger charge is -2.36. The number of benzene rings is 1. The predicted octanol–water partition coefficient (Wildman–Crippen LogP) is 3.68. The van der Waals surface area contributed by atoms with E-state index < -0.39 is 0 Å². The molecular weight excluding hydrogens is 300 g/mol. The number of hydrogen-bond acceptors (Lipinski definition) is 4. The molecule has 0 spiro atoms. The lowest BCUT2D eigenvalue weighted by Crippen LogP contribution is -2.37. The lowest BCUT2D eigenvalue weighted by molar-refractivity contribution is 0.00384. The summed E-state index contributed by atoms with van der Waals surface area (Å²) in [5.74, 6) is 2.38. The molecule has 0 radical (unpaired) electrons. The molecule has 0 saturated carbocycles. The molecule has 1 fully saturated rings. The summed E-state index contributed by atoms with van der Waals surface area (Å²) in [4.78, 5) is 0. The van der Waals surface area contributed by atoms with Crippen LogP contribution in [-0.4, -0.2) is 39.8 Å². The van der Waals surface area contributed by atoms with Gasteiger partial charge in [0.2, 0.25) is 0 Å². The quantitative estimate of drug-likeness (QED) is 0.915. The third kappa shape index (κ3) is 3.61. The van der Waals surface area contributed by atoms with Crippen LogP contribution in [0.1, 0.15) is 37.0 Å². The number of thioether (sulfide) groups is 2. The molecule has 2 aliphatic rings. The summed E-state index contributed by atoms with van der Waals surface area (Å²) in [5.41, 5.74) is 2.67. The summed E-state index contributed by atoms with van der Waals surface area (Å²) in [7, 11) is 0. The molecule has 4 heteroatoms. The van der Waals surface area contributed by atoms with Crippen LogP contribution in [0.3, 0.4) is 0 Å². The molecule has 0 bridgehead atoms. The van der Waals surface area contributed by atoms with Crippen LogP contribution in [0.2, 0.25) is 0 Å². The Morgan fingerprint density at radius 1 is 1.29 bits per heavy atom. The summed E-state index contributed by atoms with van der Waals surface area (Å²) in [6.07, 6.45) is 2.65. The number of aliphatic hydroxyl groups excluding tert-OH is 1. The fourth-order valence-electron chi connectivity index (χ4n) is 3.32. The second kappa shape index (κ2) is 7.40. The van der Waals surface area contributed by atoms with Crippen molar-refractivity contribution in [2.75, 3.05) is 18.1 Å². The van der Waals surface area contributed by atoms with Gasteiger partial charge in [-0.05, 0) is 24.0 Å². The van der Waals surface area contributed by atoms with E-state index in [1.807, 2.05) is 23.5 Å². The summed E-state index contributed by atoms with van der Waals surface area (Å²) >= 11 is 3.97. The predicted molar refractivity (Wildman–Crippen MR) is 92.2 cm³/mol. The summed E-state index contributed by atoms with van der Waals surface area (Å²) in [5, 5.41) is 11.7. The first-order valence-electron chi connectivity index (χ1n) is 7.90. The van der Waals surface area contributed by atoms with E-state index in [9.17, 15) is 5.11 Å². The maximum atomic E-state index is 10.7. The number of ether oxygens (including phenoxy) is 1. The average Bonchev–Trinajstić information content (AvgIpc) is 2.55. The topological polar surface area (TPSA) is 29.5 Å². The minimum absolute atomic E-state index is 0.0648. The highest BCUT2D eigenvalue weighted by molar-refractivity contribution is 8.07. The Morgan fingerprint density at radius 3 is 2.95 bits per heavy atom. The standard InChI is InChI=1S/C17H24O2S2/c1-2-16-17(21-10-9-20-16)14(18)11-15-13-6-4-3-5-12(13)7-8-19-15/h3-6,14-18H,2,7-11H2,1H3. The van der Waals surface area contributed by atoms with E-state index in [4.69, 9.17) is 4.74 Å². The van der Waals surface area contributed by atoms with Crippen molar-refractivity contribution in [2.24, 2.45) is 0 Å². The number of rotatable bonds is 4. The van der Waals surface area contributed by atoms with Crippen molar-refractivity contribution in [3.05, 3.63) is 35.4 Å². The number of hydrogen-bond donors (Lipinski definition) is 1. The van der Waals surface area contributed by atoms with Crippen molar-refractivity contribution in [3.8, 4) is 0 Å². The molecule has 2 heterocycles. The van der Waals surface area contributed by atoms with Crippen LogP contribution in [0.25, 0.3) is 0 Å². The van der Waals surface area contributed by atoms with Gasteiger partial charge >= 0.3 is 0 Å². The Morgan fingerprint density at radius 2 is 2.10 bits per heavy atom. The van der Waals surface area contributed by atoms with E-state index in [0.29, 0.717) is 10.5 Å². The van der Waals surface area contributed by atoms with Gasteiger partial charge in [0.1, 0.15) is 0 Å². The Hall–Kier alpha value is -0.160. The van der Waals surface area contributed by atoms with Crippen molar-refractivity contribution in [3.63, 3.8) is 0 Å². The molecule has 1 aromatic rings. The molecule has 1 saturated heterocycles. The maximum Gasteiger partial charge on any atom is 0.0852 e. The SMILES string of the molecule is CCC1SCCSC1C(O)CC1OCCc2ccccc21. The number of aliphatic hydroxyl groups is 1. The highest BCUT2D eigenvalue weighted by Gasteiger charge is 2.33. The normalized spacial score (nSPS) is 30.7. The Labute approximate surface area is 136 Å². The van der Waals surface area contributed by atoms with E-state index >= 15 is 0 Å². The molecule has 1 N–H and O–H groups in total. The lowest BCUT2D eigenvalue weighted by atomic mass is 9.93. The van der Waals surface area contributed by atoms with Gasteiger partial charge in [-0.15, -0.1) is 0 Å². The Balaban J connectivity index is 1.69. The van der Waals surface area contributed by atoms with Crippen molar-refractivity contribution in [1.82, 2.24) is 0 Å². The smallest absolute Gasteiger partial charge is 0.0852 e. The molecule has 1 aromatic carbocycles. The second-order valence-electron chi connectivity index (χ2n) is 5.76. The first-order chi connectivity index (χ1) is 10.3. The van der Waals surface area contributed by atoms with Crippen LogP contribution in [0, 0.1) is 0 Å². The monoisotopic (exact) mass is 324 g/mol. The van der Waals surface area contributed by atoms with Crippen LogP contribution in [0.15, 0.2) is 24.3 Å². The van der Waals surface area contributed by atoms with Gasteiger partial charge in [0.15, 0.2) is 0 Å². The fourth-order valence-corrected chi connectivity index (χ4v) is 6.48. The molecule has 21 heavy (non-hydrogen) atoms. The first-order valence-corrected chi connectivity index (χ1v) is 10.00. The van der Waals surface area contributed by atoms with Crippen molar-refractivity contribution in [1.29, 1.82) is 0 Å². The third-order valence-electron chi connectivity index (χ3n) is 4.42. The maximum absolute atomic E-state index is 10.7. The van der Waals surface area contributed by atoms with Crippen LogP contribution in [-0.2, 0) is 11.2 Å². The largest absolute Gasteiger partial charge is 0.392 e. The molecule has 3 rings (SSSR count). The van der Waals surface area contributed by atoms with Crippen molar-refractivity contribution < 1.29 is 9.84 Å². The molecule has 4 atom stereocenters. The van der Waals surface area contributed by atoms with Gasteiger partial charge in [0.25, 0.3) is 0 Å². The van der Waals surface area contributed by atoms with Gasteiger partial charge in [-0.1, -0.05) is 31.2 Å². The second-order valence-corrected chi connectivity index (χ2v) is 8.40. The summed E-state index contributed by atoms with van der Waals surface area (Å²) in [6, 6.07) is 8.52. The minimum Gasteiger partial charge on any atom is -0.392 e. The molecule has 116 valence electrons. The molecule has 2 aliphatic heterocycles. The highest BCUT2D eigenvalue weighted by Crippen LogP contribution is 2.39. The number of fused-ring (bicyclic) bond motifs is 1. The molecule has 4 unspecified atom stereocenters. The highest BCUT2D eigenvalue weighted by atomic mass is 32.2. The van der Waals surface area contributed by atoms with Crippen LogP contribution in [0.5, 0.6) is 0 Å². The zero-order chi connectivity index (χ0) is 14.7. The van der Waals surface area contributed by atoms with Crippen LogP contribution < -0.4 is 0 Å². The molecule has 0 aliphatic carbocycles. The van der Waals surface area contributed by atoms with Crippen molar-refractivity contribution >= 4 is 23.5 Å². The molecule has 0 aromatic heterocycles. The van der Waals surface area contributed by atoms with E-state index in [-0.39, 0.29) is 12.2 Å². The van der Waals surface area contributed by atoms with Gasteiger partial charge in [-0.25, -0.2) is 0 Å². The van der Waals surface area contributed by atoms with E-state index in [2.05, 4.69) is 31.2 Å². The molecule has 0 amide bonds. The van der Waals surface area contributed by atoms with Crippen LogP contribution >= 0.6 is 23.5 Å².